The Morgan fingerprint density at radius 3 is 2.65 bits per heavy atom. The first kappa shape index (κ1) is 18.1. The quantitative estimate of drug-likeness (QED) is 0.617. The molecule has 2 aromatic carbocycles. The molecule has 0 radical (unpaired) electrons. The molecule has 0 atom stereocenters. The molecule has 1 heterocycles. The number of carbonyl (C=O) groups excluding carboxylic acids is 1. The summed E-state index contributed by atoms with van der Waals surface area (Å²) in [5.74, 6) is -0.453. The van der Waals surface area contributed by atoms with Gasteiger partial charge in [0.15, 0.2) is 9.84 Å². The van der Waals surface area contributed by atoms with Crippen LogP contribution >= 0.6 is 0 Å². The van der Waals surface area contributed by atoms with Crippen molar-refractivity contribution in [3.63, 3.8) is 0 Å². The van der Waals surface area contributed by atoms with Crippen LogP contribution in [-0.4, -0.2) is 36.4 Å². The maximum Gasteiger partial charge on any atom is 0.221 e. The van der Waals surface area contributed by atoms with Crippen LogP contribution in [0.25, 0.3) is 10.8 Å². The fraction of sp³-hybridized carbons (Fsp3) is 0.263. The summed E-state index contributed by atoms with van der Waals surface area (Å²) < 4.78 is 26.7. The Bertz CT molecular complexity index is 982. The summed E-state index contributed by atoms with van der Waals surface area (Å²) in [7, 11) is -3.49. The SMILES string of the molecule is O=C(CCS(=O)(=O)c1ccc2ccccc2c1)NCCCn1cccn1. The first-order chi connectivity index (χ1) is 12.5. The Balaban J connectivity index is 1.49. The maximum absolute atomic E-state index is 12.5. The van der Waals surface area contributed by atoms with Crippen molar-refractivity contribution >= 4 is 26.5 Å². The van der Waals surface area contributed by atoms with Crippen LogP contribution < -0.4 is 5.32 Å². The molecule has 0 aliphatic carbocycles. The molecule has 1 aromatic heterocycles. The maximum atomic E-state index is 12.5. The lowest BCUT2D eigenvalue weighted by Crippen LogP contribution is -2.27. The molecule has 0 unspecified atom stereocenters. The number of sulfone groups is 1. The smallest absolute Gasteiger partial charge is 0.221 e. The van der Waals surface area contributed by atoms with E-state index in [2.05, 4.69) is 10.4 Å². The number of amides is 1. The van der Waals surface area contributed by atoms with Gasteiger partial charge in [0, 0.05) is 31.9 Å². The molecule has 3 aromatic rings. The zero-order valence-electron chi connectivity index (χ0n) is 14.3. The fourth-order valence-electron chi connectivity index (χ4n) is 2.70. The zero-order valence-corrected chi connectivity index (χ0v) is 15.2. The highest BCUT2D eigenvalue weighted by Crippen LogP contribution is 2.20. The topological polar surface area (TPSA) is 81.1 Å². The third-order valence-electron chi connectivity index (χ3n) is 4.12. The molecule has 1 N–H and O–H groups in total. The van der Waals surface area contributed by atoms with Crippen molar-refractivity contribution in [1.29, 1.82) is 0 Å². The molecule has 3 rings (SSSR count). The van der Waals surface area contributed by atoms with Crippen LogP contribution in [0.1, 0.15) is 12.8 Å². The molecule has 0 aliphatic rings. The number of aromatic nitrogens is 2. The van der Waals surface area contributed by atoms with E-state index in [1.807, 2.05) is 36.5 Å². The second-order valence-corrected chi connectivity index (χ2v) is 8.16. The van der Waals surface area contributed by atoms with Crippen LogP contribution in [-0.2, 0) is 21.2 Å². The van der Waals surface area contributed by atoms with Crippen LogP contribution in [0.3, 0.4) is 0 Å². The number of rotatable bonds is 8. The Morgan fingerprint density at radius 1 is 1.08 bits per heavy atom. The predicted molar refractivity (Wildman–Crippen MR) is 100 cm³/mol. The standard InChI is InChI=1S/C19H21N3O3S/c23-19(20-10-3-12-22-13-4-11-21-22)9-14-26(24,25)18-8-7-16-5-1-2-6-17(16)15-18/h1-2,4-8,11,13,15H,3,9-10,12,14H2,(H,20,23). The van der Waals surface area contributed by atoms with Gasteiger partial charge in [0.2, 0.25) is 5.91 Å². The molecule has 7 heteroatoms. The number of hydrogen-bond donors (Lipinski definition) is 1. The Kier molecular flexibility index (Phi) is 5.68. The molecule has 0 bridgehead atoms. The van der Waals surface area contributed by atoms with Crippen molar-refractivity contribution in [2.24, 2.45) is 0 Å². The van der Waals surface area contributed by atoms with E-state index < -0.39 is 9.84 Å². The fourth-order valence-corrected chi connectivity index (χ4v) is 3.97. The summed E-state index contributed by atoms with van der Waals surface area (Å²) in [6.07, 6.45) is 4.26. The lowest BCUT2D eigenvalue weighted by atomic mass is 10.1. The van der Waals surface area contributed by atoms with E-state index in [0.717, 1.165) is 17.2 Å². The van der Waals surface area contributed by atoms with Gasteiger partial charge in [-0.25, -0.2) is 8.42 Å². The minimum Gasteiger partial charge on any atom is -0.356 e. The van der Waals surface area contributed by atoms with Gasteiger partial charge in [0.1, 0.15) is 0 Å². The summed E-state index contributed by atoms with van der Waals surface area (Å²) in [5, 5.41) is 8.69. The summed E-state index contributed by atoms with van der Waals surface area (Å²) in [4.78, 5) is 12.1. The Hall–Kier alpha value is -2.67. The van der Waals surface area contributed by atoms with Crippen molar-refractivity contribution in [3.8, 4) is 0 Å². The molecule has 0 saturated heterocycles. The third kappa shape index (κ3) is 4.70. The van der Waals surface area contributed by atoms with Crippen LogP contribution in [0, 0.1) is 0 Å². The number of carbonyl (C=O) groups is 1. The predicted octanol–water partition coefficient (Wildman–Crippen LogP) is 2.41. The Labute approximate surface area is 152 Å². The molecule has 1 amide bonds. The highest BCUT2D eigenvalue weighted by Gasteiger charge is 2.16. The average molecular weight is 371 g/mol. The summed E-state index contributed by atoms with van der Waals surface area (Å²) >= 11 is 0. The highest BCUT2D eigenvalue weighted by molar-refractivity contribution is 7.91. The van der Waals surface area contributed by atoms with Crippen molar-refractivity contribution in [2.75, 3.05) is 12.3 Å². The van der Waals surface area contributed by atoms with Gasteiger partial charge < -0.3 is 5.32 Å². The number of benzene rings is 2. The van der Waals surface area contributed by atoms with Crippen molar-refractivity contribution < 1.29 is 13.2 Å². The van der Waals surface area contributed by atoms with Gasteiger partial charge in [-0.3, -0.25) is 9.48 Å². The van der Waals surface area contributed by atoms with E-state index in [1.165, 1.54) is 0 Å². The second kappa shape index (κ2) is 8.14. The van der Waals surface area contributed by atoms with Gasteiger partial charge in [-0.05, 0) is 35.4 Å². The largest absolute Gasteiger partial charge is 0.356 e. The van der Waals surface area contributed by atoms with Crippen LogP contribution in [0.15, 0.2) is 65.8 Å². The highest BCUT2D eigenvalue weighted by atomic mass is 32.2. The van der Waals surface area contributed by atoms with Gasteiger partial charge in [-0.2, -0.15) is 5.10 Å². The summed E-state index contributed by atoms with van der Waals surface area (Å²) in [6, 6.07) is 14.5. The number of fused-ring (bicyclic) bond motifs is 1. The molecule has 0 fully saturated rings. The van der Waals surface area contributed by atoms with E-state index >= 15 is 0 Å². The molecule has 6 nitrogen and oxygen atoms in total. The van der Waals surface area contributed by atoms with Gasteiger partial charge in [0.25, 0.3) is 0 Å². The van der Waals surface area contributed by atoms with Crippen LogP contribution in [0.4, 0.5) is 0 Å². The van der Waals surface area contributed by atoms with Crippen molar-refractivity contribution in [1.82, 2.24) is 15.1 Å². The van der Waals surface area contributed by atoms with Crippen molar-refractivity contribution in [3.05, 3.63) is 60.9 Å². The lowest BCUT2D eigenvalue weighted by Gasteiger charge is -2.07. The molecule has 26 heavy (non-hydrogen) atoms. The van der Waals surface area contributed by atoms with Crippen molar-refractivity contribution in [2.45, 2.75) is 24.3 Å². The monoisotopic (exact) mass is 371 g/mol. The Morgan fingerprint density at radius 2 is 1.88 bits per heavy atom. The number of aryl methyl sites for hydroxylation is 1. The first-order valence-electron chi connectivity index (χ1n) is 8.50. The molecule has 0 saturated carbocycles. The van der Waals surface area contributed by atoms with Crippen LogP contribution in [0.2, 0.25) is 0 Å². The summed E-state index contributed by atoms with van der Waals surface area (Å²) in [5.41, 5.74) is 0. The molecule has 136 valence electrons. The first-order valence-corrected chi connectivity index (χ1v) is 10.2. The molecular weight excluding hydrogens is 350 g/mol. The van der Waals surface area contributed by atoms with E-state index in [9.17, 15) is 13.2 Å². The minimum atomic E-state index is -3.49. The third-order valence-corrected chi connectivity index (χ3v) is 5.84. The number of nitrogens with one attached hydrogen (secondary N) is 1. The van der Waals surface area contributed by atoms with Gasteiger partial charge in [0.05, 0.1) is 10.6 Å². The lowest BCUT2D eigenvalue weighted by molar-refractivity contribution is -0.120. The molecular formula is C19H21N3O3S. The zero-order chi connectivity index (χ0) is 18.4. The number of hydrogen-bond acceptors (Lipinski definition) is 4. The second-order valence-electron chi connectivity index (χ2n) is 6.05. The van der Waals surface area contributed by atoms with E-state index in [0.29, 0.717) is 13.1 Å². The molecule has 0 aliphatic heterocycles. The molecule has 0 spiro atoms. The van der Waals surface area contributed by atoms with E-state index in [1.54, 1.807) is 29.1 Å². The van der Waals surface area contributed by atoms with E-state index in [4.69, 9.17) is 0 Å². The minimum absolute atomic E-state index is 0.0447. The average Bonchev–Trinajstić information content (AvgIpc) is 3.17. The summed E-state index contributed by atoms with van der Waals surface area (Å²) in [6.45, 7) is 1.21. The normalized spacial score (nSPS) is 11.5. The van der Waals surface area contributed by atoms with Gasteiger partial charge in [-0.1, -0.05) is 30.3 Å². The van der Waals surface area contributed by atoms with Crippen LogP contribution in [0.5, 0.6) is 0 Å². The van der Waals surface area contributed by atoms with E-state index in [-0.39, 0.29) is 23.0 Å². The van der Waals surface area contributed by atoms with Gasteiger partial charge >= 0.3 is 0 Å². The van der Waals surface area contributed by atoms with Gasteiger partial charge in [-0.15, -0.1) is 0 Å². The number of nitrogens with zero attached hydrogens (tertiary/aromatic N) is 2.